The van der Waals surface area contributed by atoms with Crippen LogP contribution >= 0.6 is 0 Å². The number of anilines is 2. The Hall–Kier alpha value is -3.87. The summed E-state index contributed by atoms with van der Waals surface area (Å²) in [4.78, 5) is 46.0. The Bertz CT molecular complexity index is 1150. The van der Waals surface area contributed by atoms with Gasteiger partial charge in [0, 0.05) is 23.4 Å². The van der Waals surface area contributed by atoms with Crippen LogP contribution < -0.4 is 10.2 Å². The molecular formula is C21H16N4O3. The first-order valence-electron chi connectivity index (χ1n) is 8.65. The van der Waals surface area contributed by atoms with Crippen molar-refractivity contribution in [1.29, 1.82) is 0 Å². The molecule has 0 saturated carbocycles. The maximum atomic E-state index is 12.5. The summed E-state index contributed by atoms with van der Waals surface area (Å²) < 4.78 is 0. The largest absolute Gasteiger partial charge is 0.322 e. The lowest BCUT2D eigenvalue weighted by molar-refractivity contribution is -0.119. The van der Waals surface area contributed by atoms with Crippen molar-refractivity contribution in [2.24, 2.45) is 0 Å². The summed E-state index contributed by atoms with van der Waals surface area (Å²) in [6, 6.07) is 11.6. The van der Waals surface area contributed by atoms with E-state index in [-0.39, 0.29) is 5.91 Å². The van der Waals surface area contributed by atoms with Crippen LogP contribution in [0.15, 0.2) is 54.6 Å². The van der Waals surface area contributed by atoms with E-state index in [9.17, 15) is 14.4 Å². The molecule has 2 aromatic carbocycles. The van der Waals surface area contributed by atoms with Crippen molar-refractivity contribution in [3.05, 3.63) is 71.6 Å². The van der Waals surface area contributed by atoms with Gasteiger partial charge in [-0.05, 0) is 56.3 Å². The highest BCUT2D eigenvalue weighted by Crippen LogP contribution is 2.21. The second kappa shape index (κ2) is 6.70. The van der Waals surface area contributed by atoms with Crippen molar-refractivity contribution < 1.29 is 14.4 Å². The van der Waals surface area contributed by atoms with Gasteiger partial charge in [-0.3, -0.25) is 14.4 Å². The van der Waals surface area contributed by atoms with E-state index in [1.807, 2.05) is 19.9 Å². The number of aromatic nitrogens is 2. The third-order valence-corrected chi connectivity index (χ3v) is 4.53. The standard InChI is InChI=1S/C21H16N4O3/c1-12-13(2)23-18-11-15(5-8-17(18)22-12)24-21(28)14-3-6-16(7-4-14)25-19(26)9-10-20(25)27/h3-11H,1-2H3,(H,24,28). The van der Waals surface area contributed by atoms with Crippen molar-refractivity contribution in [3.63, 3.8) is 0 Å². The monoisotopic (exact) mass is 372 g/mol. The number of nitrogens with one attached hydrogen (secondary N) is 1. The smallest absolute Gasteiger partial charge is 0.258 e. The van der Waals surface area contributed by atoms with E-state index in [1.165, 1.54) is 12.2 Å². The topological polar surface area (TPSA) is 92.3 Å². The lowest BCUT2D eigenvalue weighted by Gasteiger charge is -2.14. The van der Waals surface area contributed by atoms with Crippen LogP contribution in [0, 0.1) is 13.8 Å². The summed E-state index contributed by atoms with van der Waals surface area (Å²) in [5.41, 5.74) is 4.61. The van der Waals surface area contributed by atoms with Crippen LogP contribution in [-0.4, -0.2) is 27.7 Å². The molecule has 0 atom stereocenters. The molecule has 0 spiro atoms. The zero-order chi connectivity index (χ0) is 19.8. The zero-order valence-electron chi connectivity index (χ0n) is 15.3. The highest BCUT2D eigenvalue weighted by Gasteiger charge is 2.25. The van der Waals surface area contributed by atoms with E-state index in [0.717, 1.165) is 21.8 Å². The minimum atomic E-state index is -0.398. The van der Waals surface area contributed by atoms with E-state index in [0.29, 0.717) is 22.5 Å². The van der Waals surface area contributed by atoms with E-state index in [2.05, 4.69) is 15.3 Å². The highest BCUT2D eigenvalue weighted by atomic mass is 16.2. The minimum absolute atomic E-state index is 0.306. The van der Waals surface area contributed by atoms with E-state index in [1.54, 1.807) is 36.4 Å². The van der Waals surface area contributed by atoms with Gasteiger partial charge in [0.15, 0.2) is 0 Å². The van der Waals surface area contributed by atoms with Gasteiger partial charge in [-0.2, -0.15) is 0 Å². The van der Waals surface area contributed by atoms with Gasteiger partial charge in [-0.1, -0.05) is 0 Å². The van der Waals surface area contributed by atoms with Gasteiger partial charge in [0.1, 0.15) is 0 Å². The van der Waals surface area contributed by atoms with Gasteiger partial charge >= 0.3 is 0 Å². The first-order valence-corrected chi connectivity index (χ1v) is 8.65. The zero-order valence-corrected chi connectivity index (χ0v) is 15.3. The number of nitrogens with zero attached hydrogens (tertiary/aromatic N) is 3. The quantitative estimate of drug-likeness (QED) is 0.714. The van der Waals surface area contributed by atoms with Crippen LogP contribution in [0.4, 0.5) is 11.4 Å². The van der Waals surface area contributed by atoms with Gasteiger partial charge in [0.2, 0.25) is 0 Å². The molecule has 2 heterocycles. The van der Waals surface area contributed by atoms with Crippen LogP contribution in [0.2, 0.25) is 0 Å². The molecule has 0 aliphatic carbocycles. The van der Waals surface area contributed by atoms with Gasteiger partial charge < -0.3 is 5.32 Å². The molecule has 3 aromatic rings. The van der Waals surface area contributed by atoms with Crippen LogP contribution in [0.1, 0.15) is 21.7 Å². The Morgan fingerprint density at radius 2 is 1.46 bits per heavy atom. The summed E-state index contributed by atoms with van der Waals surface area (Å²) in [5.74, 6) is -1.10. The number of imide groups is 1. The number of hydrogen-bond donors (Lipinski definition) is 1. The predicted octanol–water partition coefficient (Wildman–Crippen LogP) is 2.93. The Morgan fingerprint density at radius 1 is 0.857 bits per heavy atom. The molecule has 0 unspecified atom stereocenters. The molecular weight excluding hydrogens is 356 g/mol. The molecule has 0 radical (unpaired) electrons. The second-order valence-corrected chi connectivity index (χ2v) is 6.44. The number of carbonyl (C=O) groups is 3. The molecule has 3 amide bonds. The van der Waals surface area contributed by atoms with Gasteiger partial charge in [-0.15, -0.1) is 0 Å². The number of fused-ring (bicyclic) bond motifs is 1. The lowest BCUT2D eigenvalue weighted by atomic mass is 10.1. The van der Waals surface area contributed by atoms with Gasteiger partial charge in [0.25, 0.3) is 17.7 Å². The highest BCUT2D eigenvalue weighted by molar-refractivity contribution is 6.28. The van der Waals surface area contributed by atoms with E-state index < -0.39 is 11.8 Å². The van der Waals surface area contributed by atoms with Crippen molar-refractivity contribution in [3.8, 4) is 0 Å². The van der Waals surface area contributed by atoms with E-state index in [4.69, 9.17) is 0 Å². The van der Waals surface area contributed by atoms with Crippen molar-refractivity contribution >= 4 is 40.1 Å². The molecule has 0 saturated heterocycles. The molecule has 138 valence electrons. The predicted molar refractivity (Wildman–Crippen MR) is 105 cm³/mol. The Morgan fingerprint density at radius 3 is 2.11 bits per heavy atom. The van der Waals surface area contributed by atoms with Crippen molar-refractivity contribution in [1.82, 2.24) is 9.97 Å². The average Bonchev–Trinajstić information content (AvgIpc) is 3.01. The maximum Gasteiger partial charge on any atom is 0.258 e. The number of hydrogen-bond acceptors (Lipinski definition) is 5. The summed E-state index contributed by atoms with van der Waals surface area (Å²) in [7, 11) is 0. The Kier molecular flexibility index (Phi) is 4.19. The minimum Gasteiger partial charge on any atom is -0.322 e. The summed E-state index contributed by atoms with van der Waals surface area (Å²) in [6.45, 7) is 3.79. The van der Waals surface area contributed by atoms with Crippen molar-refractivity contribution in [2.75, 3.05) is 10.2 Å². The Balaban J connectivity index is 1.53. The molecule has 1 N–H and O–H groups in total. The normalized spacial score (nSPS) is 13.4. The first-order chi connectivity index (χ1) is 13.4. The van der Waals surface area contributed by atoms with Crippen LogP contribution in [0.5, 0.6) is 0 Å². The third kappa shape index (κ3) is 3.14. The molecule has 1 aliphatic heterocycles. The van der Waals surface area contributed by atoms with Gasteiger partial charge in [-0.25, -0.2) is 14.9 Å². The fourth-order valence-corrected chi connectivity index (χ4v) is 2.93. The number of amides is 3. The van der Waals surface area contributed by atoms with Crippen molar-refractivity contribution in [2.45, 2.75) is 13.8 Å². The third-order valence-electron chi connectivity index (χ3n) is 4.53. The first kappa shape index (κ1) is 17.5. The van der Waals surface area contributed by atoms with Crippen LogP contribution in [0.3, 0.4) is 0 Å². The molecule has 28 heavy (non-hydrogen) atoms. The number of carbonyl (C=O) groups excluding carboxylic acids is 3. The molecule has 0 fully saturated rings. The fourth-order valence-electron chi connectivity index (χ4n) is 2.93. The van der Waals surface area contributed by atoms with E-state index >= 15 is 0 Å². The molecule has 7 heteroatoms. The molecule has 7 nitrogen and oxygen atoms in total. The van der Waals surface area contributed by atoms with Crippen LogP contribution in [-0.2, 0) is 9.59 Å². The number of rotatable bonds is 3. The molecule has 4 rings (SSSR count). The van der Waals surface area contributed by atoms with Crippen LogP contribution in [0.25, 0.3) is 11.0 Å². The summed E-state index contributed by atoms with van der Waals surface area (Å²) in [6.07, 6.45) is 2.43. The number of benzene rings is 2. The molecule has 1 aromatic heterocycles. The summed E-state index contributed by atoms with van der Waals surface area (Å²) >= 11 is 0. The fraction of sp³-hybridized carbons (Fsp3) is 0.0952. The maximum absolute atomic E-state index is 12.5. The summed E-state index contributed by atoms with van der Waals surface area (Å²) in [5, 5.41) is 2.82. The molecule has 0 bridgehead atoms. The average molecular weight is 372 g/mol. The SMILES string of the molecule is Cc1nc2ccc(NC(=O)c3ccc(N4C(=O)C=CC4=O)cc3)cc2nc1C. The second-order valence-electron chi connectivity index (χ2n) is 6.44. The number of aryl methyl sites for hydroxylation is 2. The molecule has 1 aliphatic rings. The van der Waals surface area contributed by atoms with Gasteiger partial charge in [0.05, 0.1) is 28.1 Å². The lowest BCUT2D eigenvalue weighted by Crippen LogP contribution is -2.29. The Labute approximate surface area is 160 Å².